The lowest BCUT2D eigenvalue weighted by atomic mass is 9.86. The number of hydrogen-bond acceptors (Lipinski definition) is 3. The Morgan fingerprint density at radius 1 is 1.12 bits per heavy atom. The van der Waals surface area contributed by atoms with Gasteiger partial charge in [-0.05, 0) is 49.2 Å². The van der Waals surface area contributed by atoms with Crippen LogP contribution in [0.2, 0.25) is 0 Å². The summed E-state index contributed by atoms with van der Waals surface area (Å²) in [5.41, 5.74) is 2.45. The average Bonchev–Trinajstić information content (AvgIpc) is 2.63. The number of carbonyl (C=O) groups is 2. The zero-order chi connectivity index (χ0) is 18.9. The third-order valence-corrected chi connectivity index (χ3v) is 5.05. The highest BCUT2D eigenvalue weighted by Crippen LogP contribution is 2.27. The first-order valence-electron chi connectivity index (χ1n) is 9.49. The molecule has 1 fully saturated rings. The van der Waals surface area contributed by atoms with Crippen LogP contribution in [0.15, 0.2) is 18.2 Å². The number of anilines is 2. The van der Waals surface area contributed by atoms with Gasteiger partial charge < -0.3 is 16.0 Å². The molecule has 0 radical (unpaired) electrons. The highest BCUT2D eigenvalue weighted by Gasteiger charge is 2.15. The molecule has 0 bridgehead atoms. The van der Waals surface area contributed by atoms with E-state index in [9.17, 15) is 9.59 Å². The Kier molecular flexibility index (Phi) is 8.04. The summed E-state index contributed by atoms with van der Waals surface area (Å²) >= 11 is 5.24. The molecule has 2 amide bonds. The Morgan fingerprint density at radius 3 is 2.54 bits per heavy atom. The molecule has 0 atom stereocenters. The van der Waals surface area contributed by atoms with Crippen LogP contribution in [-0.2, 0) is 9.59 Å². The van der Waals surface area contributed by atoms with Crippen molar-refractivity contribution in [3.05, 3.63) is 23.8 Å². The van der Waals surface area contributed by atoms with E-state index >= 15 is 0 Å². The fraction of sp³-hybridized carbons (Fsp3) is 0.550. The normalized spacial score (nSPS) is 14.5. The van der Waals surface area contributed by atoms with Crippen LogP contribution < -0.4 is 16.0 Å². The van der Waals surface area contributed by atoms with Crippen molar-refractivity contribution in [2.75, 3.05) is 10.6 Å². The van der Waals surface area contributed by atoms with Gasteiger partial charge in [-0.1, -0.05) is 45.1 Å². The molecule has 0 unspecified atom stereocenters. The molecular weight excluding hydrogens is 346 g/mol. The van der Waals surface area contributed by atoms with Crippen molar-refractivity contribution in [2.45, 2.75) is 65.2 Å². The second-order valence-corrected chi connectivity index (χ2v) is 7.38. The van der Waals surface area contributed by atoms with E-state index in [1.165, 1.54) is 32.1 Å². The van der Waals surface area contributed by atoms with Gasteiger partial charge in [-0.2, -0.15) is 0 Å². The highest BCUT2D eigenvalue weighted by atomic mass is 32.1. The van der Waals surface area contributed by atoms with E-state index in [-0.39, 0.29) is 16.9 Å². The Balaban J connectivity index is 1.81. The van der Waals surface area contributed by atoms with Gasteiger partial charge in [-0.3, -0.25) is 9.59 Å². The van der Waals surface area contributed by atoms with E-state index < -0.39 is 0 Å². The Labute approximate surface area is 161 Å². The van der Waals surface area contributed by atoms with Gasteiger partial charge in [0.2, 0.25) is 11.8 Å². The zero-order valence-corrected chi connectivity index (χ0v) is 16.5. The maximum Gasteiger partial charge on any atom is 0.226 e. The first-order valence-corrected chi connectivity index (χ1v) is 9.90. The summed E-state index contributed by atoms with van der Waals surface area (Å²) in [5, 5.41) is 8.91. The van der Waals surface area contributed by atoms with E-state index in [0.717, 1.165) is 23.4 Å². The largest absolute Gasteiger partial charge is 0.332 e. The number of benzene rings is 1. The average molecular weight is 376 g/mol. The lowest BCUT2D eigenvalue weighted by Crippen LogP contribution is -2.34. The summed E-state index contributed by atoms with van der Waals surface area (Å²) in [6.45, 7) is 3.74. The summed E-state index contributed by atoms with van der Waals surface area (Å²) in [5.74, 6) is 0.599. The lowest BCUT2D eigenvalue weighted by molar-refractivity contribution is -0.120. The number of amides is 2. The minimum absolute atomic E-state index is 0.0381. The van der Waals surface area contributed by atoms with Crippen LogP contribution >= 0.6 is 12.2 Å². The SMILES string of the molecule is CCC(=O)Nc1cc(NC(=S)NC(=O)CCC2CCCCC2)ccc1C. The van der Waals surface area contributed by atoms with Crippen LogP contribution in [0.25, 0.3) is 0 Å². The van der Waals surface area contributed by atoms with E-state index in [1.807, 2.05) is 32.0 Å². The maximum atomic E-state index is 12.1. The molecule has 3 N–H and O–H groups in total. The Morgan fingerprint density at radius 2 is 1.85 bits per heavy atom. The van der Waals surface area contributed by atoms with Crippen LogP contribution in [0.1, 0.15) is 63.9 Å². The van der Waals surface area contributed by atoms with Crippen molar-refractivity contribution in [3.8, 4) is 0 Å². The fourth-order valence-electron chi connectivity index (χ4n) is 3.24. The third kappa shape index (κ3) is 6.75. The summed E-state index contributed by atoms with van der Waals surface area (Å²) in [6, 6.07) is 5.60. The summed E-state index contributed by atoms with van der Waals surface area (Å²) in [7, 11) is 0. The van der Waals surface area contributed by atoms with Crippen LogP contribution in [0.4, 0.5) is 11.4 Å². The van der Waals surface area contributed by atoms with Crippen molar-refractivity contribution in [1.29, 1.82) is 0 Å². The van der Waals surface area contributed by atoms with Crippen molar-refractivity contribution in [2.24, 2.45) is 5.92 Å². The molecule has 6 heteroatoms. The van der Waals surface area contributed by atoms with E-state index in [4.69, 9.17) is 12.2 Å². The van der Waals surface area contributed by atoms with Gasteiger partial charge in [-0.25, -0.2) is 0 Å². The predicted octanol–water partition coefficient (Wildman–Crippen LogP) is 4.52. The molecule has 26 heavy (non-hydrogen) atoms. The molecule has 1 aromatic rings. The molecule has 0 aliphatic heterocycles. The van der Waals surface area contributed by atoms with Crippen molar-refractivity contribution in [3.63, 3.8) is 0 Å². The molecule has 1 aromatic carbocycles. The van der Waals surface area contributed by atoms with Gasteiger partial charge >= 0.3 is 0 Å². The number of rotatable bonds is 6. The molecular formula is C20H29N3O2S. The molecule has 1 aliphatic rings. The first kappa shape index (κ1) is 20.4. The number of hydrogen-bond donors (Lipinski definition) is 3. The molecule has 2 rings (SSSR count). The second-order valence-electron chi connectivity index (χ2n) is 6.98. The molecule has 5 nitrogen and oxygen atoms in total. The monoisotopic (exact) mass is 375 g/mol. The number of nitrogens with one attached hydrogen (secondary N) is 3. The van der Waals surface area contributed by atoms with Crippen molar-refractivity contribution < 1.29 is 9.59 Å². The highest BCUT2D eigenvalue weighted by molar-refractivity contribution is 7.80. The smallest absolute Gasteiger partial charge is 0.226 e. The van der Waals surface area contributed by atoms with Gasteiger partial charge in [-0.15, -0.1) is 0 Å². The van der Waals surface area contributed by atoms with Crippen LogP contribution in [-0.4, -0.2) is 16.9 Å². The molecule has 1 aliphatic carbocycles. The zero-order valence-electron chi connectivity index (χ0n) is 15.7. The number of carbonyl (C=O) groups excluding carboxylic acids is 2. The van der Waals surface area contributed by atoms with Crippen molar-refractivity contribution in [1.82, 2.24) is 5.32 Å². The third-order valence-electron chi connectivity index (χ3n) is 4.85. The van der Waals surface area contributed by atoms with Gasteiger partial charge in [0.05, 0.1) is 0 Å². The standard InChI is InChI=1S/C20H29N3O2S/c1-3-18(24)22-17-13-16(11-9-14(17)2)21-20(26)23-19(25)12-10-15-7-5-4-6-8-15/h9,11,13,15H,3-8,10,12H2,1-2H3,(H,22,24)(H2,21,23,25,26). The Hall–Kier alpha value is -1.95. The van der Waals surface area contributed by atoms with Gasteiger partial charge in [0.15, 0.2) is 5.11 Å². The molecule has 0 spiro atoms. The van der Waals surface area contributed by atoms with Gasteiger partial charge in [0.25, 0.3) is 0 Å². The Bertz CT molecular complexity index is 654. The molecule has 1 saturated carbocycles. The molecule has 142 valence electrons. The van der Waals surface area contributed by atoms with Gasteiger partial charge in [0.1, 0.15) is 0 Å². The first-order chi connectivity index (χ1) is 12.5. The summed E-state index contributed by atoms with van der Waals surface area (Å²) in [6.07, 6.45) is 8.26. The lowest BCUT2D eigenvalue weighted by Gasteiger charge is -2.21. The quantitative estimate of drug-likeness (QED) is 0.640. The summed E-state index contributed by atoms with van der Waals surface area (Å²) in [4.78, 5) is 23.7. The fourth-order valence-corrected chi connectivity index (χ4v) is 3.47. The predicted molar refractivity (Wildman–Crippen MR) is 110 cm³/mol. The van der Waals surface area contributed by atoms with Gasteiger partial charge in [0, 0.05) is 24.2 Å². The molecule has 0 aromatic heterocycles. The minimum atomic E-state index is -0.0419. The van der Waals surface area contributed by atoms with Crippen molar-refractivity contribution >= 4 is 40.5 Å². The molecule has 0 saturated heterocycles. The second kappa shape index (κ2) is 10.3. The van der Waals surface area contributed by atoms with E-state index in [2.05, 4.69) is 16.0 Å². The summed E-state index contributed by atoms with van der Waals surface area (Å²) < 4.78 is 0. The van der Waals surface area contributed by atoms with E-state index in [1.54, 1.807) is 0 Å². The van der Waals surface area contributed by atoms with Crippen LogP contribution in [0, 0.1) is 12.8 Å². The topological polar surface area (TPSA) is 70.2 Å². The molecule has 0 heterocycles. The minimum Gasteiger partial charge on any atom is -0.332 e. The van der Waals surface area contributed by atoms with Crippen LogP contribution in [0.5, 0.6) is 0 Å². The maximum absolute atomic E-state index is 12.1. The van der Waals surface area contributed by atoms with E-state index in [0.29, 0.717) is 18.8 Å². The number of thiocarbonyl (C=S) groups is 1. The number of aryl methyl sites for hydroxylation is 1. The van der Waals surface area contributed by atoms with Crippen LogP contribution in [0.3, 0.4) is 0 Å².